The second-order valence-electron chi connectivity index (χ2n) is 4.39. The van der Waals surface area contributed by atoms with Gasteiger partial charge in [-0.05, 0) is 26.2 Å². The van der Waals surface area contributed by atoms with E-state index in [4.69, 9.17) is 5.73 Å². The summed E-state index contributed by atoms with van der Waals surface area (Å²) in [5.74, 6) is 0. The average Bonchev–Trinajstić information content (AvgIpc) is 2.80. The predicted octanol–water partition coefficient (Wildman–Crippen LogP) is -0.0672. The van der Waals surface area contributed by atoms with Crippen LogP contribution in [-0.4, -0.2) is 40.8 Å². The van der Waals surface area contributed by atoms with Gasteiger partial charge in [-0.1, -0.05) is 0 Å². The molecule has 3 heteroatoms. The van der Waals surface area contributed by atoms with Crippen LogP contribution in [0.3, 0.4) is 0 Å². The maximum atomic E-state index is 9.95. The minimum absolute atomic E-state index is 0.403. The lowest BCUT2D eigenvalue weighted by Gasteiger charge is -2.21. The van der Waals surface area contributed by atoms with Crippen LogP contribution in [0.5, 0.6) is 0 Å². The predicted molar refractivity (Wildman–Crippen MR) is 47.8 cm³/mol. The van der Waals surface area contributed by atoms with E-state index in [0.717, 1.165) is 19.0 Å². The molecule has 1 saturated heterocycles. The largest absolute Gasteiger partial charge is 0.387 e. The van der Waals surface area contributed by atoms with Gasteiger partial charge in [0, 0.05) is 25.2 Å². The van der Waals surface area contributed by atoms with Crippen molar-refractivity contribution in [2.45, 2.75) is 43.9 Å². The number of likely N-dealkylation sites (tertiary alicyclic amines) is 1. The number of nitrogens with zero attached hydrogens (tertiary/aromatic N) is 1. The Morgan fingerprint density at radius 2 is 2.25 bits per heavy atom. The Morgan fingerprint density at radius 1 is 1.58 bits per heavy atom. The molecule has 1 aliphatic heterocycles. The summed E-state index contributed by atoms with van der Waals surface area (Å²) in [5, 5.41) is 9.95. The maximum absolute atomic E-state index is 9.95. The first-order valence-corrected chi connectivity index (χ1v) is 4.83. The van der Waals surface area contributed by atoms with Gasteiger partial charge in [0.25, 0.3) is 0 Å². The van der Waals surface area contributed by atoms with Crippen molar-refractivity contribution in [3.63, 3.8) is 0 Å². The molecule has 2 fully saturated rings. The lowest BCUT2D eigenvalue weighted by molar-refractivity contribution is 0.0571. The second-order valence-corrected chi connectivity index (χ2v) is 4.39. The Balaban J connectivity index is 2.00. The fourth-order valence-corrected chi connectivity index (χ4v) is 2.27. The third-order valence-corrected chi connectivity index (χ3v) is 3.11. The van der Waals surface area contributed by atoms with Gasteiger partial charge in [0.2, 0.25) is 0 Å². The summed E-state index contributed by atoms with van der Waals surface area (Å²) in [6.45, 7) is 3.38. The summed E-state index contributed by atoms with van der Waals surface area (Å²) in [6.07, 6.45) is 3.47. The minimum Gasteiger partial charge on any atom is -0.387 e. The zero-order valence-corrected chi connectivity index (χ0v) is 7.66. The number of β-amino-alcohol motifs (C(OH)–C–C–N with tert-alkyl or cyclic N) is 1. The van der Waals surface area contributed by atoms with Gasteiger partial charge in [0.05, 0.1) is 5.60 Å². The first kappa shape index (κ1) is 8.48. The highest BCUT2D eigenvalue weighted by molar-refractivity contribution is 5.01. The summed E-state index contributed by atoms with van der Waals surface area (Å²) >= 11 is 0. The molecule has 0 aromatic heterocycles. The fourth-order valence-electron chi connectivity index (χ4n) is 2.27. The van der Waals surface area contributed by atoms with Crippen molar-refractivity contribution in [2.75, 3.05) is 13.1 Å². The van der Waals surface area contributed by atoms with Gasteiger partial charge in [-0.25, -0.2) is 0 Å². The molecule has 0 aromatic carbocycles. The number of aliphatic hydroxyl groups is 1. The van der Waals surface area contributed by atoms with Crippen molar-refractivity contribution in [3.8, 4) is 0 Å². The van der Waals surface area contributed by atoms with Gasteiger partial charge in [-0.15, -0.1) is 0 Å². The molecule has 0 bridgehead atoms. The number of rotatable bonds is 2. The SMILES string of the molecule is CC1CC(O)(CN)CN1C1CC1. The summed E-state index contributed by atoms with van der Waals surface area (Å²) in [5.41, 5.74) is 4.94. The molecule has 1 aliphatic carbocycles. The van der Waals surface area contributed by atoms with E-state index in [1.165, 1.54) is 12.8 Å². The van der Waals surface area contributed by atoms with Gasteiger partial charge < -0.3 is 10.8 Å². The van der Waals surface area contributed by atoms with Gasteiger partial charge in [-0.2, -0.15) is 0 Å². The average molecular weight is 170 g/mol. The summed E-state index contributed by atoms with van der Waals surface area (Å²) < 4.78 is 0. The van der Waals surface area contributed by atoms with Crippen molar-refractivity contribution in [2.24, 2.45) is 5.73 Å². The Bertz CT molecular complexity index is 181. The van der Waals surface area contributed by atoms with Crippen LogP contribution >= 0.6 is 0 Å². The molecule has 2 atom stereocenters. The van der Waals surface area contributed by atoms with Crippen molar-refractivity contribution < 1.29 is 5.11 Å². The molecule has 1 saturated carbocycles. The van der Waals surface area contributed by atoms with E-state index in [2.05, 4.69) is 11.8 Å². The normalized spacial score (nSPS) is 43.8. The summed E-state index contributed by atoms with van der Waals surface area (Å²) in [4.78, 5) is 2.41. The number of hydrogen-bond donors (Lipinski definition) is 2. The lowest BCUT2D eigenvalue weighted by atomic mass is 10.0. The molecule has 0 aromatic rings. The molecule has 0 spiro atoms. The Kier molecular flexibility index (Phi) is 1.90. The van der Waals surface area contributed by atoms with Gasteiger partial charge in [0.15, 0.2) is 0 Å². The van der Waals surface area contributed by atoms with Crippen LogP contribution < -0.4 is 5.73 Å². The van der Waals surface area contributed by atoms with Crippen molar-refractivity contribution in [1.29, 1.82) is 0 Å². The van der Waals surface area contributed by atoms with Gasteiger partial charge in [0.1, 0.15) is 0 Å². The third kappa shape index (κ3) is 1.37. The van der Waals surface area contributed by atoms with Crippen molar-refractivity contribution >= 4 is 0 Å². The zero-order chi connectivity index (χ0) is 8.77. The van der Waals surface area contributed by atoms with E-state index < -0.39 is 5.60 Å². The molecular weight excluding hydrogens is 152 g/mol. The third-order valence-electron chi connectivity index (χ3n) is 3.11. The molecule has 3 nitrogen and oxygen atoms in total. The fraction of sp³-hybridized carbons (Fsp3) is 1.00. The number of nitrogens with two attached hydrogens (primary N) is 1. The van der Waals surface area contributed by atoms with Crippen molar-refractivity contribution in [3.05, 3.63) is 0 Å². The molecule has 3 N–H and O–H groups in total. The first-order chi connectivity index (χ1) is 5.64. The maximum Gasteiger partial charge on any atom is 0.0910 e. The molecule has 1 heterocycles. The molecular formula is C9H18N2O. The Hall–Kier alpha value is -0.120. The Labute approximate surface area is 73.5 Å². The van der Waals surface area contributed by atoms with E-state index >= 15 is 0 Å². The highest BCUT2D eigenvalue weighted by Crippen LogP contribution is 2.36. The van der Waals surface area contributed by atoms with Gasteiger partial charge in [-0.3, -0.25) is 4.90 Å². The smallest absolute Gasteiger partial charge is 0.0910 e. The Morgan fingerprint density at radius 3 is 2.67 bits per heavy atom. The minimum atomic E-state index is -0.595. The van der Waals surface area contributed by atoms with Crippen LogP contribution in [0.1, 0.15) is 26.2 Å². The lowest BCUT2D eigenvalue weighted by Crippen LogP contribution is -2.40. The van der Waals surface area contributed by atoms with E-state index in [-0.39, 0.29) is 0 Å². The molecule has 0 amide bonds. The van der Waals surface area contributed by atoms with Crippen LogP contribution in [-0.2, 0) is 0 Å². The molecule has 70 valence electrons. The first-order valence-electron chi connectivity index (χ1n) is 4.83. The molecule has 0 radical (unpaired) electrons. The van der Waals surface area contributed by atoms with E-state index in [0.29, 0.717) is 12.6 Å². The number of hydrogen-bond acceptors (Lipinski definition) is 3. The molecule has 2 unspecified atom stereocenters. The van der Waals surface area contributed by atoms with Crippen molar-refractivity contribution in [1.82, 2.24) is 4.90 Å². The standard InChI is InChI=1S/C9H18N2O/c1-7-4-9(12,5-10)6-11(7)8-2-3-8/h7-8,12H,2-6,10H2,1H3. The summed E-state index contributed by atoms with van der Waals surface area (Å²) in [6, 6.07) is 1.27. The highest BCUT2D eigenvalue weighted by atomic mass is 16.3. The highest BCUT2D eigenvalue weighted by Gasteiger charge is 2.45. The van der Waals surface area contributed by atoms with Gasteiger partial charge >= 0.3 is 0 Å². The van der Waals surface area contributed by atoms with Crippen LogP contribution in [0.15, 0.2) is 0 Å². The topological polar surface area (TPSA) is 49.5 Å². The summed E-state index contributed by atoms with van der Waals surface area (Å²) in [7, 11) is 0. The van der Waals surface area contributed by atoms with Crippen LogP contribution in [0.25, 0.3) is 0 Å². The zero-order valence-electron chi connectivity index (χ0n) is 7.66. The molecule has 2 rings (SSSR count). The molecule has 2 aliphatic rings. The van der Waals surface area contributed by atoms with E-state index in [1.807, 2.05) is 0 Å². The van der Waals surface area contributed by atoms with E-state index in [9.17, 15) is 5.11 Å². The van der Waals surface area contributed by atoms with Crippen LogP contribution in [0, 0.1) is 0 Å². The van der Waals surface area contributed by atoms with Crippen LogP contribution in [0.4, 0.5) is 0 Å². The molecule has 12 heavy (non-hydrogen) atoms. The van der Waals surface area contributed by atoms with Crippen LogP contribution in [0.2, 0.25) is 0 Å². The second kappa shape index (κ2) is 2.69. The quantitative estimate of drug-likeness (QED) is 0.610. The monoisotopic (exact) mass is 170 g/mol. The van der Waals surface area contributed by atoms with E-state index in [1.54, 1.807) is 0 Å².